The van der Waals surface area contributed by atoms with E-state index in [0.717, 1.165) is 24.5 Å². The number of alkyl halides is 2. The van der Waals surface area contributed by atoms with Gasteiger partial charge in [0, 0.05) is 32.2 Å². The molecule has 1 aromatic rings. The molecule has 1 aliphatic rings. The van der Waals surface area contributed by atoms with Crippen LogP contribution in [0.2, 0.25) is 0 Å². The van der Waals surface area contributed by atoms with E-state index in [1.54, 1.807) is 7.05 Å². The molecule has 0 spiro atoms. The van der Waals surface area contributed by atoms with E-state index in [1.807, 2.05) is 42.5 Å². The number of carbonyl (C=O) groups is 1. The second kappa shape index (κ2) is 12.0. The van der Waals surface area contributed by atoms with Gasteiger partial charge in [-0.3, -0.25) is 4.79 Å². The first-order valence-electron chi connectivity index (χ1n) is 10.6. The maximum absolute atomic E-state index is 14.3. The summed E-state index contributed by atoms with van der Waals surface area (Å²) < 4.78 is 28.6. The van der Waals surface area contributed by atoms with Crippen LogP contribution in [0.5, 0.6) is 0 Å². The van der Waals surface area contributed by atoms with Gasteiger partial charge in [-0.2, -0.15) is 0 Å². The van der Waals surface area contributed by atoms with E-state index in [2.05, 4.69) is 5.32 Å². The largest absolute Gasteiger partial charge is 0.393 e. The average molecular weight is 422 g/mol. The molecule has 1 aromatic carbocycles. The summed E-state index contributed by atoms with van der Waals surface area (Å²) in [6.45, 7) is 0. The molecule has 0 radical (unpaired) electrons. The van der Waals surface area contributed by atoms with Gasteiger partial charge in [-0.25, -0.2) is 8.78 Å². The number of aliphatic hydroxyl groups excluding tert-OH is 2. The highest BCUT2D eigenvalue weighted by molar-refractivity contribution is 5.75. The zero-order valence-electron chi connectivity index (χ0n) is 17.5. The number of amides is 1. The molecule has 0 heterocycles. The monoisotopic (exact) mass is 421 g/mol. The van der Waals surface area contributed by atoms with Gasteiger partial charge >= 0.3 is 0 Å². The number of unbranched alkanes of at least 4 members (excludes halogenated alkanes) is 1. The molecule has 0 aliphatic heterocycles. The molecule has 0 bridgehead atoms. The summed E-state index contributed by atoms with van der Waals surface area (Å²) in [6, 6.07) is 9.17. The lowest BCUT2D eigenvalue weighted by molar-refractivity contribution is -0.120. The number of rotatable bonds is 11. The summed E-state index contributed by atoms with van der Waals surface area (Å²) >= 11 is 0. The van der Waals surface area contributed by atoms with Crippen molar-refractivity contribution in [3.63, 3.8) is 0 Å². The second-order valence-corrected chi connectivity index (χ2v) is 7.99. The molecule has 3 N–H and O–H groups in total. The van der Waals surface area contributed by atoms with Gasteiger partial charge in [0.15, 0.2) is 0 Å². The predicted octanol–water partition coefficient (Wildman–Crippen LogP) is 4.03. The summed E-state index contributed by atoms with van der Waals surface area (Å²) in [6.07, 6.45) is 7.16. The molecule has 4 atom stereocenters. The van der Waals surface area contributed by atoms with E-state index < -0.39 is 24.0 Å². The zero-order valence-corrected chi connectivity index (χ0v) is 17.5. The number of nitrogens with one attached hydrogen (secondary N) is 1. The maximum atomic E-state index is 14.3. The molecule has 1 amide bonds. The van der Waals surface area contributed by atoms with Gasteiger partial charge < -0.3 is 15.5 Å². The number of allylic oxidation sites excluding steroid dienone is 3. The van der Waals surface area contributed by atoms with E-state index >= 15 is 0 Å². The van der Waals surface area contributed by atoms with E-state index in [0.29, 0.717) is 12.8 Å². The molecule has 0 saturated heterocycles. The minimum Gasteiger partial charge on any atom is -0.393 e. The molecule has 0 unspecified atom stereocenters. The Bertz CT molecular complexity index is 706. The van der Waals surface area contributed by atoms with Crippen LogP contribution in [-0.4, -0.2) is 41.3 Å². The van der Waals surface area contributed by atoms with Crippen molar-refractivity contribution in [3.05, 3.63) is 60.2 Å². The summed E-state index contributed by atoms with van der Waals surface area (Å²) in [5.74, 6) is -3.77. The minimum absolute atomic E-state index is 0.00358. The average Bonchev–Trinajstić information content (AvgIpc) is 3.00. The van der Waals surface area contributed by atoms with Gasteiger partial charge in [0.05, 0.1) is 12.2 Å². The Kier molecular flexibility index (Phi) is 9.66. The van der Waals surface area contributed by atoms with Crippen LogP contribution in [0.4, 0.5) is 8.78 Å². The predicted molar refractivity (Wildman–Crippen MR) is 114 cm³/mol. The molecule has 0 aromatic heterocycles. The first kappa shape index (κ1) is 24.2. The number of aryl methyl sites for hydroxylation is 1. The first-order valence-corrected chi connectivity index (χ1v) is 10.6. The molecular formula is C24H33F2NO3. The van der Waals surface area contributed by atoms with Crippen LogP contribution in [0.1, 0.15) is 44.1 Å². The maximum Gasteiger partial charge on any atom is 0.266 e. The van der Waals surface area contributed by atoms with Crippen molar-refractivity contribution in [1.29, 1.82) is 0 Å². The lowest BCUT2D eigenvalue weighted by atomic mass is 9.89. The first-order chi connectivity index (χ1) is 14.3. The Morgan fingerprint density at radius 1 is 1.20 bits per heavy atom. The van der Waals surface area contributed by atoms with Gasteiger partial charge in [0.2, 0.25) is 5.91 Å². The quantitative estimate of drug-likeness (QED) is 0.373. The lowest BCUT2D eigenvalue weighted by Gasteiger charge is -2.20. The van der Waals surface area contributed by atoms with Gasteiger partial charge in [-0.05, 0) is 43.2 Å². The second-order valence-electron chi connectivity index (χ2n) is 7.99. The van der Waals surface area contributed by atoms with Crippen LogP contribution in [0.3, 0.4) is 0 Å². The smallest absolute Gasteiger partial charge is 0.266 e. The van der Waals surface area contributed by atoms with Crippen LogP contribution < -0.4 is 5.32 Å². The highest BCUT2D eigenvalue weighted by Gasteiger charge is 2.40. The Morgan fingerprint density at radius 3 is 2.63 bits per heavy atom. The van der Waals surface area contributed by atoms with Gasteiger partial charge in [0.25, 0.3) is 5.92 Å². The summed E-state index contributed by atoms with van der Waals surface area (Å²) in [7, 11) is 1.60. The molecular weight excluding hydrogens is 388 g/mol. The fraction of sp³-hybridized carbons (Fsp3) is 0.542. The van der Waals surface area contributed by atoms with Crippen molar-refractivity contribution in [2.24, 2.45) is 11.8 Å². The number of halogens is 2. The molecule has 30 heavy (non-hydrogen) atoms. The standard InChI is InChI=1S/C24H33F2NO3/c1-27-23(30)12-8-3-2-7-11-19-20(22(29)17-21(19)28)14-16-24(25,26)15-13-18-9-5-4-6-10-18/h2,4-7,9-10,14,16,19-22,28-29H,3,8,11-13,15,17H2,1H3,(H,27,30)/t19-,20-,21+,22-/m1/s1. The Balaban J connectivity index is 1.87. The van der Waals surface area contributed by atoms with Crippen LogP contribution in [-0.2, 0) is 11.2 Å². The summed E-state index contributed by atoms with van der Waals surface area (Å²) in [5.41, 5.74) is 0.862. The topological polar surface area (TPSA) is 69.6 Å². The van der Waals surface area contributed by atoms with Crippen LogP contribution in [0.15, 0.2) is 54.6 Å². The number of hydrogen-bond donors (Lipinski definition) is 3. The minimum atomic E-state index is -2.97. The van der Waals surface area contributed by atoms with Crippen molar-refractivity contribution in [1.82, 2.24) is 5.32 Å². The van der Waals surface area contributed by atoms with Crippen molar-refractivity contribution in [3.8, 4) is 0 Å². The van der Waals surface area contributed by atoms with E-state index in [-0.39, 0.29) is 31.1 Å². The molecule has 2 rings (SSSR count). The van der Waals surface area contributed by atoms with Crippen molar-refractivity contribution in [2.45, 2.75) is 63.1 Å². The Labute approximate surface area is 177 Å². The third-order valence-electron chi connectivity index (χ3n) is 5.70. The zero-order chi connectivity index (χ0) is 22.0. The lowest BCUT2D eigenvalue weighted by Crippen LogP contribution is -2.21. The summed E-state index contributed by atoms with van der Waals surface area (Å²) in [5, 5.41) is 23.1. The third-order valence-corrected chi connectivity index (χ3v) is 5.70. The van der Waals surface area contributed by atoms with Crippen molar-refractivity contribution < 1.29 is 23.8 Å². The Hall–Kier alpha value is -2.05. The number of benzene rings is 1. The number of aliphatic hydroxyl groups is 2. The molecule has 1 aliphatic carbocycles. The molecule has 1 saturated carbocycles. The number of carbonyl (C=O) groups excluding carboxylic acids is 1. The third kappa shape index (κ3) is 8.00. The van der Waals surface area contributed by atoms with Crippen molar-refractivity contribution in [2.75, 3.05) is 7.05 Å². The normalized spacial score (nSPS) is 24.7. The molecule has 1 fully saturated rings. The van der Waals surface area contributed by atoms with Crippen molar-refractivity contribution >= 4 is 5.91 Å². The fourth-order valence-electron chi connectivity index (χ4n) is 3.87. The van der Waals surface area contributed by atoms with Crippen LogP contribution in [0.25, 0.3) is 0 Å². The number of hydrogen-bond acceptors (Lipinski definition) is 3. The van der Waals surface area contributed by atoms with E-state index in [1.165, 1.54) is 6.08 Å². The molecule has 4 nitrogen and oxygen atoms in total. The SMILES string of the molecule is CNC(=O)CCCC=CC[C@@H]1[C@@H](C=CC(F)(F)CCc2ccccc2)[C@H](O)C[C@@H]1O. The van der Waals surface area contributed by atoms with Gasteiger partial charge in [-0.15, -0.1) is 0 Å². The highest BCUT2D eigenvalue weighted by atomic mass is 19.3. The molecule has 6 heteroatoms. The molecule has 166 valence electrons. The van der Waals surface area contributed by atoms with E-state index in [4.69, 9.17) is 0 Å². The Morgan fingerprint density at radius 2 is 1.93 bits per heavy atom. The summed E-state index contributed by atoms with van der Waals surface area (Å²) in [4.78, 5) is 11.2. The van der Waals surface area contributed by atoms with Gasteiger partial charge in [0.1, 0.15) is 0 Å². The van der Waals surface area contributed by atoms with Crippen LogP contribution >= 0.6 is 0 Å². The highest BCUT2D eigenvalue weighted by Crippen LogP contribution is 2.37. The van der Waals surface area contributed by atoms with Crippen LogP contribution in [0, 0.1) is 11.8 Å². The van der Waals surface area contributed by atoms with E-state index in [9.17, 15) is 23.8 Å². The van der Waals surface area contributed by atoms with Gasteiger partial charge in [-0.1, -0.05) is 48.6 Å². The fourth-order valence-corrected chi connectivity index (χ4v) is 3.87.